The van der Waals surface area contributed by atoms with E-state index in [0.717, 1.165) is 17.3 Å². The second-order valence-electron chi connectivity index (χ2n) is 3.87. The van der Waals surface area contributed by atoms with Gasteiger partial charge in [0.25, 0.3) is 17.1 Å². The van der Waals surface area contributed by atoms with Crippen molar-refractivity contribution in [1.82, 2.24) is 5.32 Å². The van der Waals surface area contributed by atoms with Gasteiger partial charge in [0.15, 0.2) is 0 Å². The number of rotatable bonds is 4. The molecule has 1 aliphatic rings. The topological polar surface area (TPSA) is 86.6 Å². The van der Waals surface area contributed by atoms with E-state index in [1.165, 1.54) is 7.05 Å². The van der Waals surface area contributed by atoms with Crippen LogP contribution in [0.2, 0.25) is 0 Å². The van der Waals surface area contributed by atoms with Crippen LogP contribution in [0.15, 0.2) is 29.2 Å². The van der Waals surface area contributed by atoms with Crippen LogP contribution in [0.1, 0.15) is 5.56 Å². The fourth-order valence-electron chi connectivity index (χ4n) is 1.50. The summed E-state index contributed by atoms with van der Waals surface area (Å²) >= 11 is 0.854. The predicted octanol–water partition coefficient (Wildman–Crippen LogP) is 1.92. The van der Waals surface area contributed by atoms with Gasteiger partial charge in [-0.1, -0.05) is 12.1 Å². The number of nitrogens with one attached hydrogen (secondary N) is 1. The van der Waals surface area contributed by atoms with Gasteiger partial charge < -0.3 is 10.1 Å². The minimum Gasteiger partial charge on any atom is -0.656 e. The van der Waals surface area contributed by atoms with E-state index in [0.29, 0.717) is 10.7 Å². The summed E-state index contributed by atoms with van der Waals surface area (Å²) in [5.41, 5.74) is 0.734. The second kappa shape index (κ2) is 8.43. The van der Waals surface area contributed by atoms with Crippen LogP contribution in [0.25, 0.3) is 11.4 Å². The van der Waals surface area contributed by atoms with Gasteiger partial charge in [-0.05, 0) is 42.1 Å². The van der Waals surface area contributed by atoms with Gasteiger partial charge in [0, 0.05) is 32.7 Å². The molecule has 0 spiro atoms. The molecule has 1 radical (unpaired) electrons. The third-order valence-electron chi connectivity index (χ3n) is 2.34. The van der Waals surface area contributed by atoms with Crippen molar-refractivity contribution in [2.75, 3.05) is 13.6 Å². The zero-order chi connectivity index (χ0) is 14.5. The summed E-state index contributed by atoms with van der Waals surface area (Å²) in [6.07, 6.45) is 1.60. The van der Waals surface area contributed by atoms with E-state index in [2.05, 4.69) is 10.6 Å². The molecular formula is C13H11N2O4SY-. The van der Waals surface area contributed by atoms with E-state index in [4.69, 9.17) is 4.74 Å². The van der Waals surface area contributed by atoms with Gasteiger partial charge in [0.2, 0.25) is 0 Å². The van der Waals surface area contributed by atoms with Crippen LogP contribution in [0, 0.1) is 0 Å². The van der Waals surface area contributed by atoms with Crippen molar-refractivity contribution < 1.29 is 51.8 Å². The van der Waals surface area contributed by atoms with Crippen LogP contribution in [0.3, 0.4) is 0 Å². The largest absolute Gasteiger partial charge is 0.656 e. The number of imide groups is 1. The number of thioether (sulfide) groups is 1. The molecule has 2 rings (SSSR count). The quantitative estimate of drug-likeness (QED) is 0.490. The fraction of sp³-hybridized carbons (Fsp3) is 0.154. The predicted molar refractivity (Wildman–Crippen MR) is 75.3 cm³/mol. The van der Waals surface area contributed by atoms with Gasteiger partial charge in [-0.15, -0.1) is 0 Å². The Morgan fingerprint density at radius 1 is 1.33 bits per heavy atom. The summed E-state index contributed by atoms with van der Waals surface area (Å²) in [4.78, 5) is 34.0. The number of ether oxygens (including phenoxy) is 1. The molecule has 1 N–H and O–H groups in total. The van der Waals surface area contributed by atoms with Crippen molar-refractivity contribution in [2.24, 2.45) is 0 Å². The maximum absolute atomic E-state index is 11.4. The van der Waals surface area contributed by atoms with Crippen LogP contribution < -0.4 is 10.1 Å². The van der Waals surface area contributed by atoms with Crippen molar-refractivity contribution in [1.29, 1.82) is 0 Å². The summed E-state index contributed by atoms with van der Waals surface area (Å²) in [5, 5.41) is 5.47. The molecule has 1 aromatic carbocycles. The van der Waals surface area contributed by atoms with Crippen molar-refractivity contribution >= 4 is 35.0 Å². The summed E-state index contributed by atoms with van der Waals surface area (Å²) in [7, 11) is 1.53. The number of benzene rings is 1. The fourth-order valence-corrected chi connectivity index (χ4v) is 2.18. The van der Waals surface area contributed by atoms with Crippen molar-refractivity contribution in [3.8, 4) is 5.75 Å². The average Bonchev–Trinajstić information content (AvgIpc) is 2.70. The molecule has 2 amide bonds. The van der Waals surface area contributed by atoms with Gasteiger partial charge in [0.1, 0.15) is 5.75 Å². The minimum atomic E-state index is -0.435. The molecule has 1 fully saturated rings. The summed E-state index contributed by atoms with van der Waals surface area (Å²) in [6.45, 7) is 0.00469. The maximum Gasteiger partial charge on any atom is 0.290 e. The molecule has 0 unspecified atom stereocenters. The van der Waals surface area contributed by atoms with Crippen LogP contribution in [0.5, 0.6) is 5.75 Å². The third kappa shape index (κ3) is 5.35. The SMILES string of the molecule is C[N-]CC(=O)Oc1ccc(/C=C2\SC(=O)NC2=O)cc1.[Y]. The van der Waals surface area contributed by atoms with Gasteiger partial charge >= 0.3 is 0 Å². The molecule has 8 heteroatoms. The number of nitrogens with zero attached hydrogens (tertiary/aromatic N) is 1. The average molecular weight is 380 g/mol. The monoisotopic (exact) mass is 380 g/mol. The first-order chi connectivity index (χ1) is 9.58. The molecule has 107 valence electrons. The standard InChI is InChI=1S/C13H11N2O4S.Y/c1-14-7-11(16)19-9-4-2-8(3-5-9)6-10-12(17)15-13(18)20-10;/h2-6H,7H2,1H3,(H,15,17,18);/q-1;/b10-6-;. The number of amides is 2. The number of esters is 1. The van der Waals surface area contributed by atoms with E-state index < -0.39 is 11.9 Å². The molecule has 1 saturated heterocycles. The number of hydrogen-bond donors (Lipinski definition) is 1. The molecule has 21 heavy (non-hydrogen) atoms. The van der Waals surface area contributed by atoms with E-state index in [9.17, 15) is 14.4 Å². The van der Waals surface area contributed by atoms with Gasteiger partial charge in [-0.3, -0.25) is 19.7 Å². The second-order valence-corrected chi connectivity index (χ2v) is 4.88. The first-order valence-corrected chi connectivity index (χ1v) is 6.51. The summed E-state index contributed by atoms with van der Waals surface area (Å²) in [6, 6.07) is 6.60. The number of likely N-dealkylation sites (N-methyl/N-ethyl adjacent to an activating group) is 1. The molecule has 0 saturated carbocycles. The molecule has 6 nitrogen and oxygen atoms in total. The number of carbonyl (C=O) groups excluding carboxylic acids is 3. The Hall–Kier alpha value is -1.02. The van der Waals surface area contributed by atoms with E-state index in [-0.39, 0.29) is 44.5 Å². The van der Waals surface area contributed by atoms with Crippen LogP contribution >= 0.6 is 11.8 Å². The van der Waals surface area contributed by atoms with Crippen LogP contribution in [0.4, 0.5) is 4.79 Å². The Bertz CT molecular complexity index is 586. The Morgan fingerprint density at radius 2 is 2.00 bits per heavy atom. The third-order valence-corrected chi connectivity index (χ3v) is 3.15. The Balaban J connectivity index is 0.00000220. The molecule has 0 atom stereocenters. The molecule has 1 aromatic rings. The van der Waals surface area contributed by atoms with Gasteiger partial charge in [-0.25, -0.2) is 0 Å². The Labute approximate surface area is 150 Å². The normalized spacial score (nSPS) is 15.6. The molecule has 1 aliphatic heterocycles. The molecule has 0 bridgehead atoms. The molecule has 1 heterocycles. The van der Waals surface area contributed by atoms with E-state index >= 15 is 0 Å². The minimum absolute atomic E-state index is 0. The Kier molecular flexibility index (Phi) is 7.24. The number of hydrogen-bond acceptors (Lipinski definition) is 5. The first-order valence-electron chi connectivity index (χ1n) is 5.69. The summed E-state index contributed by atoms with van der Waals surface area (Å²) in [5.74, 6) is -0.435. The summed E-state index contributed by atoms with van der Waals surface area (Å²) < 4.78 is 5.03. The van der Waals surface area contributed by atoms with E-state index in [1.54, 1.807) is 30.3 Å². The molecule has 0 aliphatic carbocycles. The first kappa shape index (κ1) is 18.0. The van der Waals surface area contributed by atoms with Gasteiger partial charge in [-0.2, -0.15) is 7.05 Å². The molecular weight excluding hydrogens is 369 g/mol. The van der Waals surface area contributed by atoms with Crippen molar-refractivity contribution in [3.63, 3.8) is 0 Å². The molecule has 0 aromatic heterocycles. The zero-order valence-corrected chi connectivity index (χ0v) is 14.8. The van der Waals surface area contributed by atoms with Gasteiger partial charge in [0.05, 0.1) is 4.91 Å². The van der Waals surface area contributed by atoms with Crippen LogP contribution in [-0.2, 0) is 42.3 Å². The maximum atomic E-state index is 11.4. The van der Waals surface area contributed by atoms with E-state index in [1.807, 2.05) is 0 Å². The van der Waals surface area contributed by atoms with Crippen molar-refractivity contribution in [3.05, 3.63) is 40.1 Å². The van der Waals surface area contributed by atoms with Crippen molar-refractivity contribution in [2.45, 2.75) is 0 Å². The number of carbonyl (C=O) groups is 3. The van der Waals surface area contributed by atoms with Crippen LogP contribution in [-0.4, -0.2) is 30.7 Å². The smallest absolute Gasteiger partial charge is 0.290 e. The zero-order valence-electron chi connectivity index (χ0n) is 11.2. The Morgan fingerprint density at radius 3 is 2.52 bits per heavy atom.